The summed E-state index contributed by atoms with van der Waals surface area (Å²) in [5.41, 5.74) is 1.35. The largest absolute Gasteiger partial charge is 0.468 e. The van der Waals surface area contributed by atoms with Crippen molar-refractivity contribution in [3.63, 3.8) is 0 Å². The van der Waals surface area contributed by atoms with Crippen LogP contribution in [0.1, 0.15) is 16.9 Å². The normalized spacial score (nSPS) is 11.8. The van der Waals surface area contributed by atoms with Gasteiger partial charge in [-0.1, -0.05) is 35.3 Å². The average molecular weight is 411 g/mol. The molecule has 2 heterocycles. The zero-order valence-corrected chi connectivity index (χ0v) is 16.0. The topological polar surface area (TPSA) is 63.4 Å². The first kappa shape index (κ1) is 18.9. The van der Waals surface area contributed by atoms with E-state index < -0.39 is 10.0 Å². The quantitative estimate of drug-likeness (QED) is 0.574. The highest BCUT2D eigenvalue weighted by Gasteiger charge is 2.24. The Bertz CT molecular complexity index is 961. The minimum Gasteiger partial charge on any atom is -0.468 e. The second kappa shape index (κ2) is 8.22. The number of hydrogen-bond acceptors (Lipinski definition) is 4. The molecule has 8 heteroatoms. The first-order valence-electron chi connectivity index (χ1n) is 7.77. The van der Waals surface area contributed by atoms with E-state index in [0.29, 0.717) is 21.4 Å². The Morgan fingerprint density at radius 3 is 2.50 bits per heavy atom. The number of rotatable bonds is 7. The molecule has 3 rings (SSSR count). The Kier molecular flexibility index (Phi) is 5.98. The van der Waals surface area contributed by atoms with Gasteiger partial charge in [0, 0.05) is 18.9 Å². The third-order valence-corrected chi connectivity index (χ3v) is 6.20. The van der Waals surface area contributed by atoms with Crippen LogP contribution < -0.4 is 0 Å². The van der Waals surface area contributed by atoms with Gasteiger partial charge in [0.05, 0.1) is 28.6 Å². The molecule has 0 radical (unpaired) electrons. The van der Waals surface area contributed by atoms with Gasteiger partial charge in [-0.2, -0.15) is 4.31 Å². The lowest BCUT2D eigenvalue weighted by Crippen LogP contribution is -2.31. The molecular weight excluding hydrogens is 395 g/mol. The first-order chi connectivity index (χ1) is 12.4. The highest BCUT2D eigenvalue weighted by atomic mass is 35.5. The van der Waals surface area contributed by atoms with E-state index in [1.807, 2.05) is 6.07 Å². The molecule has 0 amide bonds. The van der Waals surface area contributed by atoms with E-state index in [2.05, 4.69) is 4.98 Å². The zero-order chi connectivity index (χ0) is 18.6. The summed E-state index contributed by atoms with van der Waals surface area (Å²) >= 11 is 11.9. The van der Waals surface area contributed by atoms with E-state index in [0.717, 1.165) is 5.56 Å². The van der Waals surface area contributed by atoms with Gasteiger partial charge < -0.3 is 4.42 Å². The van der Waals surface area contributed by atoms with E-state index in [1.54, 1.807) is 48.8 Å². The molecule has 0 aliphatic carbocycles. The van der Waals surface area contributed by atoms with Gasteiger partial charge in [0.25, 0.3) is 0 Å². The predicted octanol–water partition coefficient (Wildman–Crippen LogP) is 4.51. The fourth-order valence-corrected chi connectivity index (χ4v) is 4.23. The van der Waals surface area contributed by atoms with Gasteiger partial charge in [-0.15, -0.1) is 0 Å². The summed E-state index contributed by atoms with van der Waals surface area (Å²) in [6.07, 6.45) is 4.80. The van der Waals surface area contributed by atoms with Crippen LogP contribution in [0, 0.1) is 0 Å². The van der Waals surface area contributed by atoms with Crippen molar-refractivity contribution in [2.45, 2.75) is 18.8 Å². The number of aromatic nitrogens is 1. The van der Waals surface area contributed by atoms with Crippen LogP contribution in [0.2, 0.25) is 10.0 Å². The highest BCUT2D eigenvalue weighted by Crippen LogP contribution is 2.25. The van der Waals surface area contributed by atoms with Crippen molar-refractivity contribution in [2.24, 2.45) is 0 Å². The molecule has 0 aliphatic rings. The first-order valence-corrected chi connectivity index (χ1v) is 10.1. The molecule has 0 aliphatic heterocycles. The lowest BCUT2D eigenvalue weighted by molar-refractivity contribution is 0.358. The van der Waals surface area contributed by atoms with Gasteiger partial charge in [0.1, 0.15) is 5.76 Å². The second-order valence-corrected chi connectivity index (χ2v) is 8.50. The van der Waals surface area contributed by atoms with Crippen molar-refractivity contribution in [3.05, 3.63) is 88.1 Å². The molecule has 2 aromatic heterocycles. The van der Waals surface area contributed by atoms with Crippen molar-refractivity contribution in [1.82, 2.24) is 9.29 Å². The van der Waals surface area contributed by atoms with Crippen LogP contribution in [0.4, 0.5) is 0 Å². The second-order valence-electron chi connectivity index (χ2n) is 5.71. The van der Waals surface area contributed by atoms with E-state index in [4.69, 9.17) is 27.6 Å². The summed E-state index contributed by atoms with van der Waals surface area (Å²) in [5, 5.41) is 0.708. The van der Waals surface area contributed by atoms with Gasteiger partial charge in [-0.05, 0) is 41.5 Å². The Hall–Kier alpha value is -1.86. The molecular formula is C18H16Cl2N2O3S. The van der Waals surface area contributed by atoms with E-state index >= 15 is 0 Å². The summed E-state index contributed by atoms with van der Waals surface area (Å²) < 4.78 is 32.7. The van der Waals surface area contributed by atoms with Crippen molar-refractivity contribution >= 4 is 33.2 Å². The Labute approximate surface area is 162 Å². The summed E-state index contributed by atoms with van der Waals surface area (Å²) in [4.78, 5) is 4.05. The molecule has 0 saturated heterocycles. The molecule has 3 aromatic rings. The third-order valence-electron chi connectivity index (χ3n) is 3.72. The molecule has 5 nitrogen and oxygen atoms in total. The van der Waals surface area contributed by atoms with Gasteiger partial charge in [-0.3, -0.25) is 4.98 Å². The van der Waals surface area contributed by atoms with E-state index in [1.165, 1.54) is 10.6 Å². The average Bonchev–Trinajstić information content (AvgIpc) is 3.11. The summed E-state index contributed by atoms with van der Waals surface area (Å²) in [5.74, 6) is 0.372. The molecule has 26 heavy (non-hydrogen) atoms. The number of pyridine rings is 1. The monoisotopic (exact) mass is 410 g/mol. The maximum atomic E-state index is 13.0. The van der Waals surface area contributed by atoms with Crippen molar-refractivity contribution < 1.29 is 12.8 Å². The van der Waals surface area contributed by atoms with Crippen LogP contribution in [0.15, 0.2) is 65.5 Å². The number of halogens is 2. The zero-order valence-electron chi connectivity index (χ0n) is 13.7. The molecule has 1 aromatic carbocycles. The van der Waals surface area contributed by atoms with E-state index in [9.17, 15) is 8.42 Å². The molecule has 0 N–H and O–H groups in total. The number of sulfonamides is 1. The van der Waals surface area contributed by atoms with Crippen LogP contribution in [-0.2, 0) is 28.9 Å². The number of furan rings is 1. The van der Waals surface area contributed by atoms with Crippen LogP contribution in [0.25, 0.3) is 0 Å². The molecule has 0 unspecified atom stereocenters. The van der Waals surface area contributed by atoms with Gasteiger partial charge >= 0.3 is 0 Å². The van der Waals surface area contributed by atoms with Crippen molar-refractivity contribution in [3.8, 4) is 0 Å². The maximum absolute atomic E-state index is 13.0. The molecule has 0 fully saturated rings. The van der Waals surface area contributed by atoms with Gasteiger partial charge in [0.15, 0.2) is 0 Å². The Balaban J connectivity index is 1.86. The Morgan fingerprint density at radius 1 is 1.00 bits per heavy atom. The fourth-order valence-electron chi connectivity index (χ4n) is 2.46. The minimum absolute atomic E-state index is 0.131. The number of hydrogen-bond donors (Lipinski definition) is 0. The Morgan fingerprint density at radius 2 is 1.85 bits per heavy atom. The van der Waals surface area contributed by atoms with Crippen LogP contribution >= 0.6 is 23.2 Å². The standard InChI is InChI=1S/C18H16Cl2N2O3S/c19-17-6-5-14(9-18(17)20)13-26(23,24)22(12-16-4-2-8-25-16)11-15-3-1-7-21-10-15/h1-10H,11-13H2. The molecule has 0 bridgehead atoms. The third kappa shape index (κ3) is 4.86. The predicted molar refractivity (Wildman–Crippen MR) is 101 cm³/mol. The van der Waals surface area contributed by atoms with Crippen molar-refractivity contribution in [1.29, 1.82) is 0 Å². The lowest BCUT2D eigenvalue weighted by atomic mass is 10.2. The highest BCUT2D eigenvalue weighted by molar-refractivity contribution is 7.88. The number of nitrogens with zero attached hydrogens (tertiary/aromatic N) is 2. The lowest BCUT2D eigenvalue weighted by Gasteiger charge is -2.21. The van der Waals surface area contributed by atoms with Gasteiger partial charge in [0.2, 0.25) is 10.0 Å². The SMILES string of the molecule is O=S(=O)(Cc1ccc(Cl)c(Cl)c1)N(Cc1cccnc1)Cc1ccco1. The molecule has 136 valence electrons. The van der Waals surface area contributed by atoms with Crippen LogP contribution in [0.3, 0.4) is 0 Å². The van der Waals surface area contributed by atoms with Crippen molar-refractivity contribution in [2.75, 3.05) is 0 Å². The van der Waals surface area contributed by atoms with E-state index in [-0.39, 0.29) is 18.8 Å². The smallest absolute Gasteiger partial charge is 0.219 e. The van der Waals surface area contributed by atoms with Crippen LogP contribution in [0.5, 0.6) is 0 Å². The summed E-state index contributed by atoms with van der Waals surface area (Å²) in [6.45, 7) is 0.323. The molecule has 0 spiro atoms. The van der Waals surface area contributed by atoms with Gasteiger partial charge in [-0.25, -0.2) is 8.42 Å². The number of benzene rings is 1. The molecule has 0 atom stereocenters. The summed E-state index contributed by atoms with van der Waals surface area (Å²) in [7, 11) is -3.64. The molecule has 0 saturated carbocycles. The fraction of sp³-hybridized carbons (Fsp3) is 0.167. The minimum atomic E-state index is -3.64. The maximum Gasteiger partial charge on any atom is 0.219 e. The summed E-state index contributed by atoms with van der Waals surface area (Å²) in [6, 6.07) is 11.9. The van der Waals surface area contributed by atoms with Crippen LogP contribution in [-0.4, -0.2) is 17.7 Å².